The summed E-state index contributed by atoms with van der Waals surface area (Å²) in [5, 5.41) is 0.430. The van der Waals surface area contributed by atoms with Gasteiger partial charge in [0.25, 0.3) is 0 Å². The van der Waals surface area contributed by atoms with Crippen LogP contribution >= 0.6 is 23.2 Å². The van der Waals surface area contributed by atoms with Crippen molar-refractivity contribution in [2.45, 2.75) is 31.7 Å². The van der Waals surface area contributed by atoms with E-state index in [9.17, 15) is 13.2 Å². The van der Waals surface area contributed by atoms with Gasteiger partial charge in [-0.3, -0.25) is 4.79 Å². The number of sulfonamides is 1. The van der Waals surface area contributed by atoms with Gasteiger partial charge in [0, 0.05) is 18.1 Å². The van der Waals surface area contributed by atoms with E-state index >= 15 is 0 Å². The van der Waals surface area contributed by atoms with E-state index in [1.54, 1.807) is 13.8 Å². The van der Waals surface area contributed by atoms with E-state index in [2.05, 4.69) is 0 Å². The standard InChI is InChI=1S/C19H21Cl2NO4S/c1-3-26-19(23)9-10-22(13-15-7-5-4-6-8-15)27(24,25)18-11-14(2)16(20)12-17(18)21/h4-8,11-12H,3,9-10,13H2,1-2H3. The molecule has 0 radical (unpaired) electrons. The number of aryl methyl sites for hydroxylation is 1. The lowest BCUT2D eigenvalue weighted by Crippen LogP contribution is -2.33. The summed E-state index contributed by atoms with van der Waals surface area (Å²) in [6.45, 7) is 3.74. The molecule has 0 N–H and O–H groups in total. The lowest BCUT2D eigenvalue weighted by Gasteiger charge is -2.23. The largest absolute Gasteiger partial charge is 0.466 e. The van der Waals surface area contributed by atoms with Crippen LogP contribution in [0.2, 0.25) is 10.0 Å². The Morgan fingerprint density at radius 1 is 1.11 bits per heavy atom. The summed E-state index contributed by atoms with van der Waals surface area (Å²) in [4.78, 5) is 11.7. The quantitative estimate of drug-likeness (QED) is 0.581. The summed E-state index contributed by atoms with van der Waals surface area (Å²) >= 11 is 12.2. The van der Waals surface area contributed by atoms with Gasteiger partial charge in [0.15, 0.2) is 0 Å². The monoisotopic (exact) mass is 429 g/mol. The molecule has 0 saturated carbocycles. The second kappa shape index (κ2) is 9.55. The Morgan fingerprint density at radius 2 is 1.78 bits per heavy atom. The molecule has 146 valence electrons. The van der Waals surface area contributed by atoms with Crippen LogP contribution in [0.5, 0.6) is 0 Å². The summed E-state index contributed by atoms with van der Waals surface area (Å²) in [6.07, 6.45) is -0.0515. The van der Waals surface area contributed by atoms with E-state index in [1.807, 2.05) is 30.3 Å². The number of carbonyl (C=O) groups is 1. The second-order valence-electron chi connectivity index (χ2n) is 5.91. The van der Waals surface area contributed by atoms with Gasteiger partial charge in [0.1, 0.15) is 4.90 Å². The lowest BCUT2D eigenvalue weighted by atomic mass is 10.2. The van der Waals surface area contributed by atoms with Crippen LogP contribution in [0.4, 0.5) is 0 Å². The first-order valence-corrected chi connectivity index (χ1v) is 10.6. The van der Waals surface area contributed by atoms with Crippen LogP contribution < -0.4 is 0 Å². The van der Waals surface area contributed by atoms with Gasteiger partial charge < -0.3 is 4.74 Å². The number of carbonyl (C=O) groups excluding carboxylic acids is 1. The molecule has 0 heterocycles. The normalized spacial score (nSPS) is 11.6. The lowest BCUT2D eigenvalue weighted by molar-refractivity contribution is -0.143. The minimum absolute atomic E-state index is 0.0198. The Hall–Kier alpha value is -1.60. The van der Waals surface area contributed by atoms with Crippen LogP contribution in [0.3, 0.4) is 0 Å². The summed E-state index contributed by atoms with van der Waals surface area (Å²) in [7, 11) is -3.94. The molecule has 0 saturated heterocycles. The molecule has 5 nitrogen and oxygen atoms in total. The molecular weight excluding hydrogens is 409 g/mol. The summed E-state index contributed by atoms with van der Waals surface area (Å²) in [5.74, 6) is -0.454. The molecule has 2 rings (SSSR count). The number of ether oxygens (including phenoxy) is 1. The SMILES string of the molecule is CCOC(=O)CCN(Cc1ccccc1)S(=O)(=O)c1cc(C)c(Cl)cc1Cl. The van der Waals surface area contributed by atoms with Crippen LogP contribution in [0, 0.1) is 6.92 Å². The van der Waals surface area contributed by atoms with Crippen molar-refractivity contribution >= 4 is 39.2 Å². The average molecular weight is 430 g/mol. The third kappa shape index (κ3) is 5.69. The van der Waals surface area contributed by atoms with Crippen molar-refractivity contribution < 1.29 is 17.9 Å². The molecule has 27 heavy (non-hydrogen) atoms. The van der Waals surface area contributed by atoms with E-state index < -0.39 is 16.0 Å². The zero-order valence-corrected chi connectivity index (χ0v) is 17.4. The van der Waals surface area contributed by atoms with E-state index in [1.165, 1.54) is 16.4 Å². The molecule has 0 aliphatic carbocycles. The zero-order valence-electron chi connectivity index (χ0n) is 15.1. The fourth-order valence-corrected chi connectivity index (χ4v) is 4.72. The zero-order chi connectivity index (χ0) is 20.0. The summed E-state index contributed by atoms with van der Waals surface area (Å²) < 4.78 is 32.6. The minimum atomic E-state index is -3.94. The second-order valence-corrected chi connectivity index (χ2v) is 8.63. The minimum Gasteiger partial charge on any atom is -0.466 e. The molecule has 0 aromatic heterocycles. The third-order valence-corrected chi connectivity index (χ3v) is 6.62. The molecule has 0 aliphatic rings. The molecule has 8 heteroatoms. The first kappa shape index (κ1) is 21.7. The molecule has 0 bridgehead atoms. The predicted molar refractivity (Wildman–Crippen MR) is 106 cm³/mol. The maximum atomic E-state index is 13.2. The van der Waals surface area contributed by atoms with Gasteiger partial charge in [-0.1, -0.05) is 53.5 Å². The first-order valence-electron chi connectivity index (χ1n) is 8.41. The van der Waals surface area contributed by atoms with E-state index in [4.69, 9.17) is 27.9 Å². The Morgan fingerprint density at radius 3 is 2.41 bits per heavy atom. The average Bonchev–Trinajstić information content (AvgIpc) is 2.62. The van der Waals surface area contributed by atoms with Gasteiger partial charge in [-0.2, -0.15) is 4.31 Å². The van der Waals surface area contributed by atoms with Crippen molar-refractivity contribution in [3.05, 3.63) is 63.6 Å². The van der Waals surface area contributed by atoms with Gasteiger partial charge in [-0.05, 0) is 37.1 Å². The smallest absolute Gasteiger partial charge is 0.307 e. The molecular formula is C19H21Cl2NO4S. The molecule has 2 aromatic rings. The number of hydrogen-bond donors (Lipinski definition) is 0. The van der Waals surface area contributed by atoms with Crippen molar-refractivity contribution in [1.29, 1.82) is 0 Å². The van der Waals surface area contributed by atoms with Gasteiger partial charge >= 0.3 is 5.97 Å². The summed E-state index contributed by atoms with van der Waals surface area (Å²) in [6, 6.07) is 12.0. The highest BCUT2D eigenvalue weighted by molar-refractivity contribution is 7.89. The number of benzene rings is 2. The van der Waals surface area contributed by atoms with Gasteiger partial charge in [0.2, 0.25) is 10.0 Å². The van der Waals surface area contributed by atoms with Crippen LogP contribution in [0.15, 0.2) is 47.4 Å². The molecule has 0 amide bonds. The molecule has 0 fully saturated rings. The predicted octanol–water partition coefficient (Wildman–Crippen LogP) is 4.45. The Kier molecular flexibility index (Phi) is 7.68. The Balaban J connectivity index is 2.38. The third-order valence-electron chi connectivity index (χ3n) is 3.90. The van der Waals surface area contributed by atoms with Crippen molar-refractivity contribution in [3.63, 3.8) is 0 Å². The number of rotatable bonds is 8. The van der Waals surface area contributed by atoms with Crippen molar-refractivity contribution in [2.75, 3.05) is 13.2 Å². The molecule has 0 spiro atoms. The maximum Gasteiger partial charge on any atom is 0.307 e. The topological polar surface area (TPSA) is 63.7 Å². The van der Waals surface area contributed by atoms with Crippen LogP contribution in [0.25, 0.3) is 0 Å². The van der Waals surface area contributed by atoms with E-state index in [0.717, 1.165) is 5.56 Å². The molecule has 2 aromatic carbocycles. The maximum absolute atomic E-state index is 13.2. The van der Waals surface area contributed by atoms with Gasteiger partial charge in [-0.15, -0.1) is 0 Å². The molecule has 0 unspecified atom stereocenters. The molecule has 0 atom stereocenters. The highest BCUT2D eigenvalue weighted by Gasteiger charge is 2.28. The Labute approximate surface area is 169 Å². The van der Waals surface area contributed by atoms with Crippen molar-refractivity contribution in [1.82, 2.24) is 4.31 Å². The first-order chi connectivity index (χ1) is 12.8. The number of esters is 1. The highest BCUT2D eigenvalue weighted by Crippen LogP contribution is 2.31. The van der Waals surface area contributed by atoms with E-state index in [-0.39, 0.29) is 36.0 Å². The highest BCUT2D eigenvalue weighted by atomic mass is 35.5. The van der Waals surface area contributed by atoms with Gasteiger partial charge in [0.05, 0.1) is 18.1 Å². The fourth-order valence-electron chi connectivity index (χ4n) is 2.49. The van der Waals surface area contributed by atoms with Crippen molar-refractivity contribution in [2.24, 2.45) is 0 Å². The fraction of sp³-hybridized carbons (Fsp3) is 0.316. The van der Waals surface area contributed by atoms with Crippen LogP contribution in [-0.2, 0) is 26.1 Å². The summed E-state index contributed by atoms with van der Waals surface area (Å²) in [5.41, 5.74) is 1.40. The van der Waals surface area contributed by atoms with E-state index in [0.29, 0.717) is 10.6 Å². The number of nitrogens with zero attached hydrogens (tertiary/aromatic N) is 1. The van der Waals surface area contributed by atoms with Crippen LogP contribution in [-0.4, -0.2) is 31.8 Å². The Bertz CT molecular complexity index is 901. The van der Waals surface area contributed by atoms with Gasteiger partial charge in [-0.25, -0.2) is 8.42 Å². The molecule has 0 aliphatic heterocycles. The number of halogens is 2. The number of hydrogen-bond acceptors (Lipinski definition) is 4. The van der Waals surface area contributed by atoms with Crippen molar-refractivity contribution in [3.8, 4) is 0 Å². The van der Waals surface area contributed by atoms with Crippen LogP contribution in [0.1, 0.15) is 24.5 Å².